The van der Waals surface area contributed by atoms with Crippen LogP contribution in [0.5, 0.6) is 0 Å². The van der Waals surface area contributed by atoms with E-state index in [0.717, 1.165) is 0 Å². The molecule has 1 N–H and O–H groups in total. The van der Waals surface area contributed by atoms with E-state index in [2.05, 4.69) is 4.98 Å². The molecular formula is C17H10FN3O2. The number of benzene rings is 2. The molecule has 1 aliphatic heterocycles. The monoisotopic (exact) mass is 307 g/mol. The van der Waals surface area contributed by atoms with Crippen molar-refractivity contribution in [3.8, 4) is 11.8 Å². The molecule has 0 amide bonds. The van der Waals surface area contributed by atoms with Crippen molar-refractivity contribution in [2.24, 2.45) is 0 Å². The predicted molar refractivity (Wildman–Crippen MR) is 80.7 cm³/mol. The number of nitriles is 1. The lowest BCUT2D eigenvalue weighted by atomic mass is 9.97. The Bertz CT molecular complexity index is 1090. The van der Waals surface area contributed by atoms with Crippen molar-refractivity contribution in [3.05, 3.63) is 69.5 Å². The molecule has 2 heterocycles. The van der Waals surface area contributed by atoms with Crippen molar-refractivity contribution in [3.63, 3.8) is 0 Å². The maximum atomic E-state index is 13.6. The third-order valence-electron chi connectivity index (χ3n) is 4.16. The van der Waals surface area contributed by atoms with Crippen LogP contribution >= 0.6 is 0 Å². The third kappa shape index (κ3) is 1.68. The summed E-state index contributed by atoms with van der Waals surface area (Å²) < 4.78 is 14.8. The normalized spacial score (nSPS) is 18.5. The summed E-state index contributed by atoms with van der Waals surface area (Å²) in [5.74, 6) is -0.360. The van der Waals surface area contributed by atoms with E-state index in [1.165, 1.54) is 35.8 Å². The number of rotatable bonds is 0. The van der Waals surface area contributed by atoms with Gasteiger partial charge in [-0.2, -0.15) is 5.26 Å². The van der Waals surface area contributed by atoms with Gasteiger partial charge in [0.25, 0.3) is 5.56 Å². The van der Waals surface area contributed by atoms with E-state index in [1.807, 2.05) is 6.07 Å². The molecule has 2 aromatic carbocycles. The Morgan fingerprint density at radius 1 is 1.30 bits per heavy atom. The average molecular weight is 307 g/mol. The lowest BCUT2D eigenvalue weighted by Crippen LogP contribution is -2.27. The Kier molecular flexibility index (Phi) is 2.51. The van der Waals surface area contributed by atoms with Gasteiger partial charge in [0.15, 0.2) is 5.82 Å². The van der Waals surface area contributed by atoms with E-state index in [0.29, 0.717) is 16.8 Å². The molecule has 0 spiro atoms. The standard InChI is InChI=1S/C17H10FN3O2/c1-17(23)12-7-10(18)3-5-14(12)21-15(22)11-6-9(8-19)2-4-13(11)20-16(17)21/h2-7,23H,1H3. The van der Waals surface area contributed by atoms with Crippen LogP contribution in [-0.2, 0) is 5.60 Å². The number of hydrogen-bond donors (Lipinski definition) is 1. The Balaban J connectivity index is 2.18. The van der Waals surface area contributed by atoms with Gasteiger partial charge in [0.05, 0.1) is 28.2 Å². The molecule has 1 aromatic heterocycles. The van der Waals surface area contributed by atoms with Gasteiger partial charge in [-0.05, 0) is 43.3 Å². The number of aromatic nitrogens is 2. The summed E-state index contributed by atoms with van der Waals surface area (Å²) in [5.41, 5.74) is -0.549. The Morgan fingerprint density at radius 2 is 2.09 bits per heavy atom. The maximum Gasteiger partial charge on any atom is 0.266 e. The molecule has 23 heavy (non-hydrogen) atoms. The highest BCUT2D eigenvalue weighted by molar-refractivity contribution is 5.80. The highest BCUT2D eigenvalue weighted by Gasteiger charge is 2.41. The van der Waals surface area contributed by atoms with E-state index in [4.69, 9.17) is 5.26 Å². The second-order valence-corrected chi connectivity index (χ2v) is 5.65. The first-order valence-corrected chi connectivity index (χ1v) is 6.93. The predicted octanol–water partition coefficient (Wildman–Crippen LogP) is 1.97. The lowest BCUT2D eigenvalue weighted by molar-refractivity contribution is 0.0980. The van der Waals surface area contributed by atoms with Gasteiger partial charge in [0, 0.05) is 5.56 Å². The number of aliphatic hydroxyl groups is 1. The SMILES string of the molecule is CC1(O)c2cc(F)ccc2-n2c1nc1ccc(C#N)cc1c2=O. The average Bonchev–Trinajstić information content (AvgIpc) is 2.75. The second kappa shape index (κ2) is 4.24. The van der Waals surface area contributed by atoms with Gasteiger partial charge in [-0.3, -0.25) is 9.36 Å². The molecule has 5 nitrogen and oxygen atoms in total. The van der Waals surface area contributed by atoms with Crippen LogP contribution in [0, 0.1) is 17.1 Å². The van der Waals surface area contributed by atoms with Gasteiger partial charge >= 0.3 is 0 Å². The highest BCUT2D eigenvalue weighted by atomic mass is 19.1. The first-order valence-electron chi connectivity index (χ1n) is 6.93. The Labute approximate surface area is 129 Å². The largest absolute Gasteiger partial charge is 0.377 e. The molecule has 0 saturated heterocycles. The molecule has 0 aliphatic carbocycles. The Hall–Kier alpha value is -3.04. The molecule has 1 atom stereocenters. The van der Waals surface area contributed by atoms with E-state index < -0.39 is 17.0 Å². The van der Waals surface area contributed by atoms with Gasteiger partial charge in [-0.25, -0.2) is 9.37 Å². The first kappa shape index (κ1) is 13.6. The van der Waals surface area contributed by atoms with Crippen LogP contribution in [0.1, 0.15) is 23.9 Å². The van der Waals surface area contributed by atoms with Gasteiger partial charge in [0.2, 0.25) is 0 Å². The fourth-order valence-electron chi connectivity index (χ4n) is 3.02. The summed E-state index contributed by atoms with van der Waals surface area (Å²) in [6.07, 6.45) is 0. The lowest BCUT2D eigenvalue weighted by Gasteiger charge is -2.17. The summed E-state index contributed by atoms with van der Waals surface area (Å²) in [6, 6.07) is 10.4. The number of halogens is 1. The minimum atomic E-state index is -1.57. The molecule has 1 unspecified atom stereocenters. The van der Waals surface area contributed by atoms with Gasteiger partial charge in [0.1, 0.15) is 11.4 Å². The second-order valence-electron chi connectivity index (χ2n) is 5.65. The van der Waals surface area contributed by atoms with Crippen LogP contribution in [0.4, 0.5) is 4.39 Å². The van der Waals surface area contributed by atoms with E-state index >= 15 is 0 Å². The number of hydrogen-bond acceptors (Lipinski definition) is 4. The molecule has 0 fully saturated rings. The van der Waals surface area contributed by atoms with Crippen molar-refractivity contribution < 1.29 is 9.50 Å². The van der Waals surface area contributed by atoms with Crippen molar-refractivity contribution in [1.82, 2.24) is 9.55 Å². The van der Waals surface area contributed by atoms with Crippen molar-refractivity contribution in [1.29, 1.82) is 5.26 Å². The zero-order valence-electron chi connectivity index (χ0n) is 12.0. The fraction of sp³-hybridized carbons (Fsp3) is 0.118. The quantitative estimate of drug-likeness (QED) is 0.688. The summed E-state index contributed by atoms with van der Waals surface area (Å²) in [7, 11) is 0. The van der Waals surface area contributed by atoms with E-state index in [9.17, 15) is 14.3 Å². The zero-order chi connectivity index (χ0) is 16.4. The van der Waals surface area contributed by atoms with Crippen LogP contribution in [0.3, 0.4) is 0 Å². The van der Waals surface area contributed by atoms with Crippen molar-refractivity contribution in [2.45, 2.75) is 12.5 Å². The van der Waals surface area contributed by atoms with Crippen LogP contribution < -0.4 is 5.56 Å². The third-order valence-corrected chi connectivity index (χ3v) is 4.16. The summed E-state index contributed by atoms with van der Waals surface area (Å²) in [5, 5.41) is 20.0. The van der Waals surface area contributed by atoms with Gasteiger partial charge in [-0.1, -0.05) is 0 Å². The minimum absolute atomic E-state index is 0.139. The van der Waals surface area contributed by atoms with E-state index in [-0.39, 0.29) is 16.8 Å². The topological polar surface area (TPSA) is 78.9 Å². The maximum absolute atomic E-state index is 13.6. The smallest absolute Gasteiger partial charge is 0.266 e. The van der Waals surface area contributed by atoms with Crippen LogP contribution in [0.2, 0.25) is 0 Å². The van der Waals surface area contributed by atoms with Crippen molar-refractivity contribution in [2.75, 3.05) is 0 Å². The minimum Gasteiger partial charge on any atom is -0.377 e. The summed E-state index contributed by atoms with van der Waals surface area (Å²) in [6.45, 7) is 1.48. The van der Waals surface area contributed by atoms with E-state index in [1.54, 1.807) is 12.1 Å². The van der Waals surface area contributed by atoms with Gasteiger partial charge in [-0.15, -0.1) is 0 Å². The van der Waals surface area contributed by atoms with Crippen LogP contribution in [0.15, 0.2) is 41.2 Å². The highest BCUT2D eigenvalue weighted by Crippen LogP contribution is 2.39. The van der Waals surface area contributed by atoms with Crippen molar-refractivity contribution >= 4 is 10.9 Å². The molecule has 0 radical (unpaired) electrons. The molecular weight excluding hydrogens is 297 g/mol. The molecule has 6 heteroatoms. The number of fused-ring (bicyclic) bond motifs is 4. The van der Waals surface area contributed by atoms with Crippen LogP contribution in [-0.4, -0.2) is 14.7 Å². The molecule has 0 bridgehead atoms. The molecule has 3 aromatic rings. The molecule has 1 aliphatic rings. The Morgan fingerprint density at radius 3 is 2.83 bits per heavy atom. The molecule has 112 valence electrons. The summed E-state index contributed by atoms with van der Waals surface area (Å²) in [4.78, 5) is 17.2. The van der Waals surface area contributed by atoms with Crippen LogP contribution in [0.25, 0.3) is 16.6 Å². The molecule has 0 saturated carbocycles. The number of nitrogens with zero attached hydrogens (tertiary/aromatic N) is 3. The fourth-order valence-corrected chi connectivity index (χ4v) is 3.02. The zero-order valence-corrected chi connectivity index (χ0v) is 12.0. The molecule has 4 rings (SSSR count). The summed E-state index contributed by atoms with van der Waals surface area (Å²) >= 11 is 0. The van der Waals surface area contributed by atoms with Gasteiger partial charge < -0.3 is 5.11 Å². The first-order chi connectivity index (χ1) is 10.9.